The van der Waals surface area contributed by atoms with Crippen molar-refractivity contribution in [2.24, 2.45) is 0 Å². The lowest BCUT2D eigenvalue weighted by Crippen LogP contribution is -2.41. The van der Waals surface area contributed by atoms with Crippen LogP contribution in [0.5, 0.6) is 0 Å². The van der Waals surface area contributed by atoms with Gasteiger partial charge in [-0.1, -0.05) is 42.5 Å². The molecule has 1 aliphatic rings. The van der Waals surface area contributed by atoms with Gasteiger partial charge in [0.1, 0.15) is 0 Å². The standard InChI is InChI=1S/C22H28N2O4S/c1-22(2,3)24-29(26,27)20-11-7-5-9-17(20)15-23-21(25)14-19-18-10-6-4-8-16(18)12-13-28-19/h4-11,19,24H,12-15H2,1-3H3,(H,23,25). The molecule has 1 heterocycles. The van der Waals surface area contributed by atoms with Gasteiger partial charge in [-0.3, -0.25) is 4.79 Å². The van der Waals surface area contributed by atoms with Gasteiger partial charge in [-0.2, -0.15) is 0 Å². The Balaban J connectivity index is 1.68. The van der Waals surface area contributed by atoms with Gasteiger partial charge in [-0.15, -0.1) is 0 Å². The van der Waals surface area contributed by atoms with Crippen molar-refractivity contribution in [2.75, 3.05) is 6.61 Å². The first-order valence-electron chi connectivity index (χ1n) is 9.74. The predicted molar refractivity (Wildman–Crippen MR) is 112 cm³/mol. The molecule has 0 radical (unpaired) electrons. The van der Waals surface area contributed by atoms with Gasteiger partial charge < -0.3 is 10.1 Å². The Kier molecular flexibility index (Phi) is 6.41. The number of hydrogen-bond donors (Lipinski definition) is 2. The minimum atomic E-state index is -3.69. The molecule has 1 amide bonds. The zero-order valence-corrected chi connectivity index (χ0v) is 17.9. The maximum absolute atomic E-state index is 12.7. The maximum atomic E-state index is 12.7. The van der Waals surface area contributed by atoms with E-state index in [0.29, 0.717) is 12.2 Å². The molecule has 2 aromatic carbocycles. The van der Waals surface area contributed by atoms with E-state index in [0.717, 1.165) is 12.0 Å². The summed E-state index contributed by atoms with van der Waals surface area (Å²) in [5, 5.41) is 2.84. The Hall–Kier alpha value is -2.22. The van der Waals surface area contributed by atoms with Gasteiger partial charge in [0.05, 0.1) is 24.0 Å². The molecule has 1 aliphatic heterocycles. The molecule has 0 aliphatic carbocycles. The van der Waals surface area contributed by atoms with E-state index in [-0.39, 0.29) is 29.9 Å². The second kappa shape index (κ2) is 8.65. The third-order valence-electron chi connectivity index (χ3n) is 4.64. The van der Waals surface area contributed by atoms with Crippen molar-refractivity contribution in [3.63, 3.8) is 0 Å². The predicted octanol–water partition coefficient (Wildman–Crippen LogP) is 3.08. The molecule has 0 aromatic heterocycles. The number of benzene rings is 2. The van der Waals surface area contributed by atoms with Gasteiger partial charge in [0.2, 0.25) is 15.9 Å². The third-order valence-corrected chi connectivity index (χ3v) is 6.50. The van der Waals surface area contributed by atoms with Gasteiger partial charge >= 0.3 is 0 Å². The molecule has 7 heteroatoms. The highest BCUT2D eigenvalue weighted by Crippen LogP contribution is 2.29. The number of carbonyl (C=O) groups is 1. The first-order chi connectivity index (χ1) is 13.7. The van der Waals surface area contributed by atoms with Crippen LogP contribution in [0.4, 0.5) is 0 Å². The highest BCUT2D eigenvalue weighted by Gasteiger charge is 2.25. The highest BCUT2D eigenvalue weighted by molar-refractivity contribution is 7.89. The van der Waals surface area contributed by atoms with E-state index in [1.165, 1.54) is 5.56 Å². The lowest BCUT2D eigenvalue weighted by Gasteiger charge is -2.25. The van der Waals surface area contributed by atoms with Gasteiger partial charge in [0, 0.05) is 12.1 Å². The third kappa shape index (κ3) is 5.65. The van der Waals surface area contributed by atoms with Crippen LogP contribution >= 0.6 is 0 Å². The number of amides is 1. The molecule has 29 heavy (non-hydrogen) atoms. The topological polar surface area (TPSA) is 84.5 Å². The summed E-state index contributed by atoms with van der Waals surface area (Å²) in [6.45, 7) is 6.09. The molecule has 2 N–H and O–H groups in total. The molecule has 1 atom stereocenters. The Bertz CT molecular complexity index is 980. The first-order valence-corrected chi connectivity index (χ1v) is 11.2. The summed E-state index contributed by atoms with van der Waals surface area (Å²) in [7, 11) is -3.69. The van der Waals surface area contributed by atoms with Gasteiger partial charge in [-0.25, -0.2) is 13.1 Å². The van der Waals surface area contributed by atoms with E-state index in [4.69, 9.17) is 4.74 Å². The molecule has 156 valence electrons. The molecule has 0 spiro atoms. The van der Waals surface area contributed by atoms with Crippen molar-refractivity contribution < 1.29 is 17.9 Å². The molecule has 3 rings (SSSR count). The Labute approximate surface area is 172 Å². The molecular weight excluding hydrogens is 388 g/mol. The van der Waals surface area contributed by atoms with E-state index >= 15 is 0 Å². The zero-order chi connectivity index (χ0) is 21.1. The lowest BCUT2D eigenvalue weighted by atomic mass is 9.95. The number of sulfonamides is 1. The van der Waals surface area contributed by atoms with Crippen LogP contribution in [0.25, 0.3) is 0 Å². The van der Waals surface area contributed by atoms with Gasteiger partial charge in [0.15, 0.2) is 0 Å². The normalized spacial score (nSPS) is 16.9. The number of fused-ring (bicyclic) bond motifs is 1. The number of nitrogens with one attached hydrogen (secondary N) is 2. The summed E-state index contributed by atoms with van der Waals surface area (Å²) < 4.78 is 33.9. The largest absolute Gasteiger partial charge is 0.373 e. The first kappa shape index (κ1) is 21.5. The summed E-state index contributed by atoms with van der Waals surface area (Å²) in [6.07, 6.45) is 0.772. The van der Waals surface area contributed by atoms with Crippen molar-refractivity contribution in [1.29, 1.82) is 0 Å². The molecule has 1 unspecified atom stereocenters. The Morgan fingerprint density at radius 3 is 2.55 bits per heavy atom. The smallest absolute Gasteiger partial charge is 0.241 e. The van der Waals surface area contributed by atoms with Crippen LogP contribution < -0.4 is 10.0 Å². The molecule has 0 bridgehead atoms. The fraction of sp³-hybridized carbons (Fsp3) is 0.409. The fourth-order valence-electron chi connectivity index (χ4n) is 3.45. The number of carbonyl (C=O) groups excluding carboxylic acids is 1. The Morgan fingerprint density at radius 2 is 1.79 bits per heavy atom. The lowest BCUT2D eigenvalue weighted by molar-refractivity contribution is -0.124. The second-order valence-corrected chi connectivity index (χ2v) is 9.90. The summed E-state index contributed by atoms with van der Waals surface area (Å²) >= 11 is 0. The van der Waals surface area contributed by atoms with E-state index in [1.807, 2.05) is 18.2 Å². The summed E-state index contributed by atoms with van der Waals surface area (Å²) in [5.41, 5.74) is 2.20. The van der Waals surface area contributed by atoms with Crippen molar-refractivity contribution in [3.8, 4) is 0 Å². The summed E-state index contributed by atoms with van der Waals surface area (Å²) in [6, 6.07) is 14.7. The monoisotopic (exact) mass is 416 g/mol. The van der Waals surface area contributed by atoms with E-state index in [1.54, 1.807) is 45.0 Å². The highest BCUT2D eigenvalue weighted by atomic mass is 32.2. The summed E-state index contributed by atoms with van der Waals surface area (Å²) in [5.74, 6) is -0.178. The van der Waals surface area contributed by atoms with Gasteiger partial charge in [-0.05, 0) is 49.9 Å². The number of rotatable bonds is 6. The van der Waals surface area contributed by atoms with Crippen molar-refractivity contribution in [1.82, 2.24) is 10.0 Å². The van der Waals surface area contributed by atoms with Crippen LogP contribution in [0.2, 0.25) is 0 Å². The average molecular weight is 417 g/mol. The molecule has 6 nitrogen and oxygen atoms in total. The number of ether oxygens (including phenoxy) is 1. The molecule has 0 saturated heterocycles. The molecular formula is C22H28N2O4S. The van der Waals surface area contributed by atoms with Crippen LogP contribution in [0, 0.1) is 0 Å². The minimum Gasteiger partial charge on any atom is -0.373 e. The molecule has 2 aromatic rings. The van der Waals surface area contributed by atoms with Crippen molar-refractivity contribution in [3.05, 3.63) is 65.2 Å². The Morgan fingerprint density at radius 1 is 1.10 bits per heavy atom. The molecule has 0 saturated carbocycles. The van der Waals surface area contributed by atoms with E-state index in [9.17, 15) is 13.2 Å². The summed E-state index contributed by atoms with van der Waals surface area (Å²) in [4.78, 5) is 12.7. The van der Waals surface area contributed by atoms with E-state index in [2.05, 4.69) is 16.1 Å². The second-order valence-electron chi connectivity index (χ2n) is 8.25. The van der Waals surface area contributed by atoms with Crippen LogP contribution in [0.1, 0.15) is 50.0 Å². The molecule has 0 fully saturated rings. The quantitative estimate of drug-likeness (QED) is 0.758. The van der Waals surface area contributed by atoms with E-state index < -0.39 is 15.6 Å². The number of hydrogen-bond acceptors (Lipinski definition) is 4. The SMILES string of the molecule is CC(C)(C)NS(=O)(=O)c1ccccc1CNC(=O)CC1OCCc2ccccc21. The maximum Gasteiger partial charge on any atom is 0.241 e. The van der Waals surface area contributed by atoms with Crippen LogP contribution in [-0.4, -0.2) is 26.5 Å². The van der Waals surface area contributed by atoms with Crippen LogP contribution in [0.3, 0.4) is 0 Å². The van der Waals surface area contributed by atoms with Crippen molar-refractivity contribution >= 4 is 15.9 Å². The van der Waals surface area contributed by atoms with Crippen LogP contribution in [0.15, 0.2) is 53.4 Å². The fourth-order valence-corrected chi connectivity index (χ4v) is 5.11. The van der Waals surface area contributed by atoms with Gasteiger partial charge in [0.25, 0.3) is 0 Å². The zero-order valence-electron chi connectivity index (χ0n) is 17.1. The average Bonchev–Trinajstić information content (AvgIpc) is 2.65. The minimum absolute atomic E-state index is 0.133. The van der Waals surface area contributed by atoms with Crippen molar-refractivity contribution in [2.45, 2.75) is 56.7 Å². The van der Waals surface area contributed by atoms with Crippen LogP contribution in [-0.2, 0) is 32.5 Å².